The van der Waals surface area contributed by atoms with Crippen LogP contribution in [0.5, 0.6) is 0 Å². The summed E-state index contributed by atoms with van der Waals surface area (Å²) < 4.78 is 25.2. The minimum Gasteiger partial charge on any atom is -0.359 e. The first-order chi connectivity index (χ1) is 8.77. The van der Waals surface area contributed by atoms with Crippen molar-refractivity contribution in [1.82, 2.24) is 14.6 Å². The summed E-state index contributed by atoms with van der Waals surface area (Å²) in [5, 5.41) is 2.90. The summed E-state index contributed by atoms with van der Waals surface area (Å²) in [6.07, 6.45) is 1.24. The van der Waals surface area contributed by atoms with E-state index in [9.17, 15) is 13.2 Å². The molecular formula is C11H18N4O3S. The zero-order valence-electron chi connectivity index (χ0n) is 11.3. The van der Waals surface area contributed by atoms with Crippen LogP contribution in [0.2, 0.25) is 0 Å². The average molecular weight is 286 g/mol. The Balaban J connectivity index is 2.81. The number of nitrogens with zero attached hydrogens (tertiary/aromatic N) is 2. The zero-order valence-corrected chi connectivity index (χ0v) is 12.2. The maximum Gasteiger partial charge on any atom is 0.244 e. The van der Waals surface area contributed by atoms with Crippen LogP contribution < -0.4 is 10.0 Å². The number of sulfonamides is 1. The summed E-state index contributed by atoms with van der Waals surface area (Å²) in [4.78, 5) is 17.2. The summed E-state index contributed by atoms with van der Waals surface area (Å²) in [5.41, 5.74) is 0. The second-order valence-electron chi connectivity index (χ2n) is 4.19. The number of carbonyl (C=O) groups is 1. The van der Waals surface area contributed by atoms with E-state index in [1.54, 1.807) is 21.0 Å². The molecule has 1 heterocycles. The molecule has 8 heteroatoms. The quantitative estimate of drug-likeness (QED) is 0.787. The summed E-state index contributed by atoms with van der Waals surface area (Å²) in [5.74, 6) is 0.353. The molecule has 0 saturated carbocycles. The van der Waals surface area contributed by atoms with Crippen molar-refractivity contribution in [3.63, 3.8) is 0 Å². The standard InChI is InChI=1S/C11H18N4O3S/c1-8(11(16)15(3)4)14-10-6-5-9(7-13-10)19(17,18)12-2/h5-8,12H,1-4H3,(H,13,14)/t8-/m0/s1. The predicted molar refractivity (Wildman–Crippen MR) is 72.3 cm³/mol. The molecule has 2 N–H and O–H groups in total. The Kier molecular flexibility index (Phi) is 4.84. The molecule has 0 bridgehead atoms. The van der Waals surface area contributed by atoms with Crippen LogP contribution in [0.3, 0.4) is 0 Å². The molecule has 0 aromatic carbocycles. The van der Waals surface area contributed by atoms with Crippen molar-refractivity contribution >= 4 is 21.7 Å². The topological polar surface area (TPSA) is 91.4 Å². The van der Waals surface area contributed by atoms with Crippen molar-refractivity contribution in [2.75, 3.05) is 26.5 Å². The van der Waals surface area contributed by atoms with Crippen molar-refractivity contribution in [2.45, 2.75) is 17.9 Å². The molecule has 0 aliphatic heterocycles. The van der Waals surface area contributed by atoms with E-state index < -0.39 is 16.1 Å². The third-order valence-electron chi connectivity index (χ3n) is 2.49. The molecule has 0 spiro atoms. The summed E-state index contributed by atoms with van der Waals surface area (Å²) in [6, 6.07) is 2.51. The largest absolute Gasteiger partial charge is 0.359 e. The number of hydrogen-bond donors (Lipinski definition) is 2. The molecule has 0 aliphatic rings. The van der Waals surface area contributed by atoms with Gasteiger partial charge in [0.25, 0.3) is 0 Å². The number of hydrogen-bond acceptors (Lipinski definition) is 5. The zero-order chi connectivity index (χ0) is 14.6. The van der Waals surface area contributed by atoms with Crippen LogP contribution in [0.4, 0.5) is 5.82 Å². The van der Waals surface area contributed by atoms with Gasteiger partial charge >= 0.3 is 0 Å². The summed E-state index contributed by atoms with van der Waals surface area (Å²) >= 11 is 0. The predicted octanol–water partition coefficient (Wildman–Crippen LogP) is -0.122. The number of carbonyl (C=O) groups excluding carboxylic acids is 1. The lowest BCUT2D eigenvalue weighted by atomic mass is 10.3. The maximum atomic E-state index is 11.6. The number of anilines is 1. The SMILES string of the molecule is CNS(=O)(=O)c1ccc(N[C@@H](C)C(=O)N(C)C)nc1. The Morgan fingerprint density at radius 3 is 2.42 bits per heavy atom. The van der Waals surface area contributed by atoms with Gasteiger partial charge in [-0.3, -0.25) is 4.79 Å². The van der Waals surface area contributed by atoms with Crippen LogP contribution in [0, 0.1) is 0 Å². The molecule has 1 aromatic rings. The van der Waals surface area contributed by atoms with Gasteiger partial charge in [0.2, 0.25) is 15.9 Å². The molecule has 106 valence electrons. The van der Waals surface area contributed by atoms with Gasteiger partial charge in [-0.25, -0.2) is 18.1 Å². The van der Waals surface area contributed by atoms with Gasteiger partial charge in [-0.2, -0.15) is 0 Å². The van der Waals surface area contributed by atoms with Gasteiger partial charge in [0, 0.05) is 20.3 Å². The van der Waals surface area contributed by atoms with Crippen molar-refractivity contribution in [2.24, 2.45) is 0 Å². The van der Waals surface area contributed by atoms with E-state index in [0.29, 0.717) is 5.82 Å². The Hall–Kier alpha value is -1.67. The van der Waals surface area contributed by atoms with Crippen LogP contribution in [-0.4, -0.2) is 51.4 Å². The first-order valence-electron chi connectivity index (χ1n) is 5.65. The molecule has 0 unspecified atom stereocenters. The van der Waals surface area contributed by atoms with E-state index >= 15 is 0 Å². The van der Waals surface area contributed by atoms with Crippen molar-refractivity contribution in [3.8, 4) is 0 Å². The van der Waals surface area contributed by atoms with Crippen LogP contribution in [0.25, 0.3) is 0 Å². The van der Waals surface area contributed by atoms with E-state index in [4.69, 9.17) is 0 Å². The highest BCUT2D eigenvalue weighted by Gasteiger charge is 2.16. The molecule has 0 saturated heterocycles. The third kappa shape index (κ3) is 3.90. The lowest BCUT2D eigenvalue weighted by molar-refractivity contribution is -0.129. The highest BCUT2D eigenvalue weighted by molar-refractivity contribution is 7.89. The first-order valence-corrected chi connectivity index (χ1v) is 7.13. The van der Waals surface area contributed by atoms with Crippen LogP contribution in [-0.2, 0) is 14.8 Å². The molecule has 0 aliphatic carbocycles. The third-order valence-corrected chi connectivity index (χ3v) is 3.89. The first kappa shape index (κ1) is 15.4. The van der Waals surface area contributed by atoms with Crippen molar-refractivity contribution in [3.05, 3.63) is 18.3 Å². The molecule has 19 heavy (non-hydrogen) atoms. The Morgan fingerprint density at radius 2 is 2.00 bits per heavy atom. The molecule has 1 rings (SSSR count). The van der Waals surface area contributed by atoms with E-state index in [2.05, 4.69) is 15.0 Å². The number of amides is 1. The van der Waals surface area contributed by atoms with Gasteiger partial charge in [-0.15, -0.1) is 0 Å². The lowest BCUT2D eigenvalue weighted by Crippen LogP contribution is -2.36. The minimum atomic E-state index is -3.49. The Labute approximate surface area is 113 Å². The van der Waals surface area contributed by atoms with E-state index in [-0.39, 0.29) is 10.8 Å². The van der Waals surface area contributed by atoms with Gasteiger partial charge < -0.3 is 10.2 Å². The number of likely N-dealkylation sites (N-methyl/N-ethyl adjacent to an activating group) is 1. The monoisotopic (exact) mass is 286 g/mol. The number of rotatable bonds is 5. The lowest BCUT2D eigenvalue weighted by Gasteiger charge is -2.18. The molecule has 1 atom stereocenters. The minimum absolute atomic E-state index is 0.0761. The van der Waals surface area contributed by atoms with Gasteiger partial charge in [-0.05, 0) is 26.1 Å². The Bertz CT molecular complexity index is 540. The maximum absolute atomic E-state index is 11.6. The van der Waals surface area contributed by atoms with Crippen LogP contribution in [0.15, 0.2) is 23.2 Å². The molecule has 0 radical (unpaired) electrons. The van der Waals surface area contributed by atoms with Crippen LogP contribution in [0.1, 0.15) is 6.92 Å². The van der Waals surface area contributed by atoms with Gasteiger partial charge in [-0.1, -0.05) is 0 Å². The van der Waals surface area contributed by atoms with E-state index in [1.807, 2.05) is 0 Å². The van der Waals surface area contributed by atoms with Gasteiger partial charge in [0.05, 0.1) is 0 Å². The normalized spacial score (nSPS) is 12.8. The van der Waals surface area contributed by atoms with Crippen molar-refractivity contribution in [1.29, 1.82) is 0 Å². The van der Waals surface area contributed by atoms with E-state index in [0.717, 1.165) is 0 Å². The molecule has 1 amide bonds. The summed E-state index contributed by atoms with van der Waals surface area (Å²) in [7, 11) is 1.17. The fraction of sp³-hybridized carbons (Fsp3) is 0.455. The second-order valence-corrected chi connectivity index (χ2v) is 6.07. The Morgan fingerprint density at radius 1 is 1.37 bits per heavy atom. The number of nitrogens with one attached hydrogen (secondary N) is 2. The molecule has 0 fully saturated rings. The molecular weight excluding hydrogens is 268 g/mol. The second kappa shape index (κ2) is 5.98. The van der Waals surface area contributed by atoms with Crippen LogP contribution >= 0.6 is 0 Å². The van der Waals surface area contributed by atoms with Crippen molar-refractivity contribution < 1.29 is 13.2 Å². The molecule has 1 aromatic heterocycles. The molecule has 7 nitrogen and oxygen atoms in total. The average Bonchev–Trinajstić information content (AvgIpc) is 2.38. The smallest absolute Gasteiger partial charge is 0.244 e. The number of aromatic nitrogens is 1. The van der Waals surface area contributed by atoms with Gasteiger partial charge in [0.15, 0.2) is 0 Å². The van der Waals surface area contributed by atoms with Gasteiger partial charge in [0.1, 0.15) is 16.8 Å². The fourth-order valence-corrected chi connectivity index (χ4v) is 2.09. The van der Waals surface area contributed by atoms with E-state index in [1.165, 1.54) is 30.3 Å². The highest BCUT2D eigenvalue weighted by Crippen LogP contribution is 2.11. The number of pyridine rings is 1. The highest BCUT2D eigenvalue weighted by atomic mass is 32.2. The fourth-order valence-electron chi connectivity index (χ4n) is 1.41. The summed E-state index contributed by atoms with van der Waals surface area (Å²) in [6.45, 7) is 1.71.